The third kappa shape index (κ3) is 3.54. The van der Waals surface area contributed by atoms with Crippen LogP contribution >= 0.6 is 23.1 Å². The van der Waals surface area contributed by atoms with Gasteiger partial charge >= 0.3 is 12.0 Å². The van der Waals surface area contributed by atoms with E-state index in [1.54, 1.807) is 11.3 Å². The number of β-lactam (4-membered cyclic amide) rings is 1. The van der Waals surface area contributed by atoms with Crippen LogP contribution in [0.1, 0.15) is 5.82 Å². The highest BCUT2D eigenvalue weighted by molar-refractivity contribution is 8.00. The van der Waals surface area contributed by atoms with Gasteiger partial charge in [-0.05, 0) is 17.5 Å². The number of nitrogens with one attached hydrogen (secondary N) is 1. The second kappa shape index (κ2) is 8.42. The second-order valence-corrected chi connectivity index (χ2v) is 9.34. The Morgan fingerprint density at radius 3 is 2.94 bits per heavy atom. The summed E-state index contributed by atoms with van der Waals surface area (Å²) in [5.41, 5.74) is 5.21. The molecule has 0 radical (unpaired) electrons. The Hall–Kier alpha value is -3.98. The van der Waals surface area contributed by atoms with Gasteiger partial charge in [-0.15, -0.1) is 11.8 Å². The van der Waals surface area contributed by atoms with E-state index in [9.17, 15) is 24.7 Å². The van der Waals surface area contributed by atoms with Gasteiger partial charge in [0, 0.05) is 17.4 Å². The monoisotopic (exact) mass is 502 g/mol. The van der Waals surface area contributed by atoms with Gasteiger partial charge in [0.15, 0.2) is 12.7 Å². The van der Waals surface area contributed by atoms with E-state index >= 15 is 0 Å². The van der Waals surface area contributed by atoms with Crippen molar-refractivity contribution in [1.29, 1.82) is 0 Å². The second-order valence-electron chi connectivity index (χ2n) is 7.34. The number of carbonyl (C=O) groups excluding carboxylic acids is 2. The number of carbonyl (C=O) groups is 3. The number of amides is 2. The predicted molar refractivity (Wildman–Crippen MR) is 119 cm³/mol. The zero-order valence-corrected chi connectivity index (χ0v) is 18.7. The highest BCUT2D eigenvalue weighted by Gasteiger charge is 2.55. The molecule has 0 bridgehead atoms. The first-order valence-electron chi connectivity index (χ1n) is 9.77. The number of anilines is 1. The fourth-order valence-corrected chi connectivity index (χ4v) is 6.07. The van der Waals surface area contributed by atoms with Crippen LogP contribution in [0.4, 0.5) is 6.01 Å². The van der Waals surface area contributed by atoms with Crippen molar-refractivity contribution in [2.45, 2.75) is 18.0 Å². The molecule has 34 heavy (non-hydrogen) atoms. The van der Waals surface area contributed by atoms with E-state index in [1.807, 2.05) is 34.3 Å². The van der Waals surface area contributed by atoms with Crippen molar-refractivity contribution in [2.24, 2.45) is 5.16 Å². The van der Waals surface area contributed by atoms with E-state index in [0.717, 1.165) is 10.2 Å². The first kappa shape index (κ1) is 21.8. The number of aromatic nitrogens is 3. The number of hydrogen-bond acceptors (Lipinski definition) is 11. The number of nitrogens with zero attached hydrogens (tertiary/aromatic N) is 5. The predicted octanol–water partition coefficient (Wildman–Crippen LogP) is -0.229. The molecule has 3 aromatic rings. The van der Waals surface area contributed by atoms with Crippen molar-refractivity contribution in [3.8, 4) is 0 Å². The molecule has 0 saturated carbocycles. The third-order valence-electron chi connectivity index (χ3n) is 5.34. The van der Waals surface area contributed by atoms with Gasteiger partial charge in [-0.1, -0.05) is 21.6 Å². The fraction of sp³-hybridized carbons (Fsp3) is 0.211. The number of thiophene rings is 1. The number of aliphatic carboxylic acids is 1. The molecule has 2 unspecified atom stereocenters. The number of carboxylic acid groups (broad SMARTS) is 1. The van der Waals surface area contributed by atoms with E-state index in [2.05, 4.69) is 25.1 Å². The zero-order chi connectivity index (χ0) is 24.0. The Morgan fingerprint density at radius 1 is 1.41 bits per heavy atom. The van der Waals surface area contributed by atoms with E-state index in [0.29, 0.717) is 17.9 Å². The maximum Gasteiger partial charge on any atom is 0.352 e. The van der Waals surface area contributed by atoms with Crippen molar-refractivity contribution in [3.63, 3.8) is 0 Å². The summed E-state index contributed by atoms with van der Waals surface area (Å²) in [4.78, 5) is 43.4. The van der Waals surface area contributed by atoms with E-state index < -0.39 is 34.9 Å². The lowest BCUT2D eigenvalue weighted by Crippen LogP contribution is -2.71. The topological polar surface area (TPSA) is 188 Å². The van der Waals surface area contributed by atoms with Crippen LogP contribution in [0.2, 0.25) is 0 Å². The van der Waals surface area contributed by atoms with Gasteiger partial charge in [-0.3, -0.25) is 14.5 Å². The molecule has 0 aromatic carbocycles. The molecule has 13 nitrogen and oxygen atoms in total. The number of hydrogen-bond donors (Lipinski definition) is 4. The Labute approximate surface area is 198 Å². The summed E-state index contributed by atoms with van der Waals surface area (Å²) in [6.07, 6.45) is 1.86. The van der Waals surface area contributed by atoms with E-state index in [4.69, 9.17) is 5.73 Å². The number of pyridine rings is 1. The SMILES string of the molecule is Nc1nc(/C(=N\O)C(=O)NC2C(=O)N3C(C(=O)O)=C(C[n+]4cccc5ccsc54)CSC23)no1. The van der Waals surface area contributed by atoms with E-state index in [-0.39, 0.29) is 17.5 Å². The van der Waals surface area contributed by atoms with Crippen molar-refractivity contribution < 1.29 is 33.8 Å². The van der Waals surface area contributed by atoms with Crippen LogP contribution in [0.3, 0.4) is 0 Å². The van der Waals surface area contributed by atoms with Gasteiger partial charge in [-0.2, -0.15) is 9.55 Å². The molecule has 5 rings (SSSR count). The summed E-state index contributed by atoms with van der Waals surface area (Å²) in [7, 11) is 0. The maximum atomic E-state index is 12.9. The first-order chi connectivity index (χ1) is 16.4. The lowest BCUT2D eigenvalue weighted by molar-refractivity contribution is -0.661. The molecule has 15 heteroatoms. The van der Waals surface area contributed by atoms with Crippen LogP contribution in [0.25, 0.3) is 10.2 Å². The quantitative estimate of drug-likeness (QED) is 0.115. The number of fused-ring (bicyclic) bond motifs is 2. The van der Waals surface area contributed by atoms with Crippen LogP contribution in [0, 0.1) is 0 Å². The molecule has 2 atom stereocenters. The first-order valence-corrected chi connectivity index (χ1v) is 11.7. The lowest BCUT2D eigenvalue weighted by Gasteiger charge is -2.49. The van der Waals surface area contributed by atoms with Crippen molar-refractivity contribution in [2.75, 3.05) is 11.5 Å². The molecular weight excluding hydrogens is 486 g/mol. The van der Waals surface area contributed by atoms with Crippen LogP contribution < -0.4 is 15.6 Å². The number of rotatable bonds is 6. The minimum absolute atomic E-state index is 0.0951. The molecule has 2 aliphatic heterocycles. The van der Waals surface area contributed by atoms with Crippen LogP contribution in [0.15, 0.2) is 50.7 Å². The van der Waals surface area contributed by atoms with Crippen LogP contribution in [0.5, 0.6) is 0 Å². The number of thioether (sulfide) groups is 1. The molecular formula is C19H16N7O6S2+. The molecule has 2 aliphatic rings. The summed E-state index contributed by atoms with van der Waals surface area (Å²) >= 11 is 2.87. The van der Waals surface area contributed by atoms with Gasteiger partial charge in [0.25, 0.3) is 16.6 Å². The van der Waals surface area contributed by atoms with Gasteiger partial charge < -0.3 is 25.9 Å². The zero-order valence-electron chi connectivity index (χ0n) is 17.1. The minimum Gasteiger partial charge on any atom is -0.477 e. The van der Waals surface area contributed by atoms with Gasteiger partial charge in [-0.25, -0.2) is 4.79 Å². The molecule has 174 valence electrons. The molecule has 5 heterocycles. The normalized spacial score (nSPS) is 20.3. The summed E-state index contributed by atoms with van der Waals surface area (Å²) in [5.74, 6) is -2.76. The molecule has 1 fully saturated rings. The summed E-state index contributed by atoms with van der Waals surface area (Å²) in [5, 5.41) is 30.2. The van der Waals surface area contributed by atoms with Gasteiger partial charge in [0.1, 0.15) is 17.1 Å². The maximum absolute atomic E-state index is 12.9. The van der Waals surface area contributed by atoms with Gasteiger partial charge in [0.05, 0.1) is 5.39 Å². The van der Waals surface area contributed by atoms with E-state index in [1.165, 1.54) is 16.7 Å². The fourth-order valence-electron chi connectivity index (χ4n) is 3.86. The molecule has 2 amide bonds. The van der Waals surface area contributed by atoms with Gasteiger partial charge in [0.2, 0.25) is 11.5 Å². The Balaban J connectivity index is 1.37. The molecule has 1 saturated heterocycles. The Bertz CT molecular complexity index is 1400. The smallest absolute Gasteiger partial charge is 0.352 e. The molecule has 0 spiro atoms. The largest absolute Gasteiger partial charge is 0.477 e. The highest BCUT2D eigenvalue weighted by atomic mass is 32.2. The number of oxime groups is 1. The Kier molecular flexibility index (Phi) is 5.41. The molecule has 0 aliphatic carbocycles. The number of nitrogens with two attached hydrogens (primary N) is 1. The summed E-state index contributed by atoms with van der Waals surface area (Å²) in [6, 6.07) is 4.47. The third-order valence-corrected chi connectivity index (χ3v) is 7.65. The van der Waals surface area contributed by atoms with Crippen LogP contribution in [-0.2, 0) is 20.9 Å². The molecule has 3 aromatic heterocycles. The Morgan fingerprint density at radius 2 is 2.24 bits per heavy atom. The minimum atomic E-state index is -1.22. The highest BCUT2D eigenvalue weighted by Crippen LogP contribution is 2.40. The standard InChI is InChI=1S/C19H15N7O6S2/c20-19-22-13(24-32-19)10(23-31)14(27)21-11-15(28)26-12(18(29)30)9(7-34-17(11)26)6-25-4-1-2-8-3-5-33-16(8)25/h1-5,11,17H,6-7H2,(H4-,20,21,22,24,27,29,30,31)/p+1. The average molecular weight is 503 g/mol. The van der Waals surface area contributed by atoms with Crippen molar-refractivity contribution >= 4 is 62.8 Å². The van der Waals surface area contributed by atoms with Crippen molar-refractivity contribution in [3.05, 3.63) is 46.9 Å². The number of nitrogen functional groups attached to an aromatic ring is 1. The van der Waals surface area contributed by atoms with Crippen LogP contribution in [-0.4, -0.2) is 66.0 Å². The lowest BCUT2D eigenvalue weighted by atomic mass is 10.0. The number of carboxylic acids is 1. The van der Waals surface area contributed by atoms with Crippen molar-refractivity contribution in [1.82, 2.24) is 20.4 Å². The summed E-state index contributed by atoms with van der Waals surface area (Å²) < 4.78 is 6.51. The average Bonchev–Trinajstić information content (AvgIpc) is 3.47. The molecule has 5 N–H and O–H groups in total. The summed E-state index contributed by atoms with van der Waals surface area (Å²) in [6.45, 7) is 0.306.